The summed E-state index contributed by atoms with van der Waals surface area (Å²) >= 11 is 0. The standard InChI is InChI=1S/C6H9BN5/c1-11-2-3-12(7-11)6-9-4-8-5-10-6/h4-5H,2-3H2,1H3. The van der Waals surface area contributed by atoms with Crippen molar-refractivity contribution < 1.29 is 0 Å². The molecular weight excluding hydrogens is 153 g/mol. The van der Waals surface area contributed by atoms with Crippen LogP contribution in [0.5, 0.6) is 0 Å². The van der Waals surface area contributed by atoms with Crippen LogP contribution in [0.3, 0.4) is 0 Å². The van der Waals surface area contributed by atoms with Crippen molar-refractivity contribution >= 4 is 13.5 Å². The highest BCUT2D eigenvalue weighted by Gasteiger charge is 2.20. The highest BCUT2D eigenvalue weighted by molar-refractivity contribution is 6.39. The molecular formula is C6H9BN5. The van der Waals surface area contributed by atoms with Crippen molar-refractivity contribution in [3.05, 3.63) is 12.7 Å². The summed E-state index contributed by atoms with van der Waals surface area (Å²) in [6, 6.07) is 0. The fourth-order valence-electron chi connectivity index (χ4n) is 1.15. The molecule has 0 bridgehead atoms. The van der Waals surface area contributed by atoms with Gasteiger partial charge in [-0.3, -0.25) is 0 Å². The predicted octanol–water partition coefficient (Wildman–Crippen LogP) is -0.842. The second-order valence-electron chi connectivity index (χ2n) is 2.73. The van der Waals surface area contributed by atoms with E-state index in [1.807, 2.05) is 19.4 Å². The lowest BCUT2D eigenvalue weighted by Crippen LogP contribution is -2.28. The minimum absolute atomic E-state index is 0.717. The van der Waals surface area contributed by atoms with Gasteiger partial charge in [-0.25, -0.2) is 15.0 Å². The average Bonchev–Trinajstić information content (AvgIpc) is 2.54. The van der Waals surface area contributed by atoms with Crippen molar-refractivity contribution in [1.29, 1.82) is 0 Å². The van der Waals surface area contributed by atoms with Crippen LogP contribution >= 0.6 is 0 Å². The molecule has 0 aromatic carbocycles. The smallest absolute Gasteiger partial charge is 0.354 e. The monoisotopic (exact) mass is 162 g/mol. The number of likely N-dealkylation sites (N-methyl/N-ethyl adjacent to an activating group) is 1. The lowest BCUT2D eigenvalue weighted by molar-refractivity contribution is 0.590. The molecule has 1 aliphatic rings. The normalized spacial score (nSPS) is 17.9. The topological polar surface area (TPSA) is 45.2 Å². The first-order valence-corrected chi connectivity index (χ1v) is 3.80. The first-order valence-electron chi connectivity index (χ1n) is 3.80. The third-order valence-electron chi connectivity index (χ3n) is 1.77. The second-order valence-corrected chi connectivity index (χ2v) is 2.73. The van der Waals surface area contributed by atoms with Crippen LogP contribution in [-0.2, 0) is 0 Å². The van der Waals surface area contributed by atoms with Crippen molar-refractivity contribution in [1.82, 2.24) is 19.8 Å². The van der Waals surface area contributed by atoms with E-state index in [2.05, 4.69) is 19.8 Å². The van der Waals surface area contributed by atoms with Gasteiger partial charge in [0.05, 0.1) is 0 Å². The van der Waals surface area contributed by atoms with Gasteiger partial charge in [0, 0.05) is 13.1 Å². The quantitative estimate of drug-likeness (QED) is 0.503. The van der Waals surface area contributed by atoms with Gasteiger partial charge in [0.2, 0.25) is 5.95 Å². The van der Waals surface area contributed by atoms with Crippen molar-refractivity contribution in [2.45, 2.75) is 0 Å². The molecule has 5 nitrogen and oxygen atoms in total. The Balaban J connectivity index is 2.11. The molecule has 0 aliphatic carbocycles. The van der Waals surface area contributed by atoms with Crippen molar-refractivity contribution in [2.75, 3.05) is 24.9 Å². The number of nitrogens with zero attached hydrogens (tertiary/aromatic N) is 5. The second kappa shape index (κ2) is 3.06. The van der Waals surface area contributed by atoms with Gasteiger partial charge in [0.25, 0.3) is 0 Å². The molecule has 1 radical (unpaired) electrons. The molecule has 0 atom stereocenters. The van der Waals surface area contributed by atoms with Crippen molar-refractivity contribution in [3.63, 3.8) is 0 Å². The van der Waals surface area contributed by atoms with E-state index in [1.165, 1.54) is 12.7 Å². The summed E-state index contributed by atoms with van der Waals surface area (Å²) in [5.41, 5.74) is 0. The molecule has 1 aromatic heterocycles. The molecule has 12 heavy (non-hydrogen) atoms. The summed E-state index contributed by atoms with van der Waals surface area (Å²) in [5, 5.41) is 0. The Morgan fingerprint density at radius 1 is 1.33 bits per heavy atom. The number of rotatable bonds is 1. The van der Waals surface area contributed by atoms with Gasteiger partial charge in [-0.2, -0.15) is 0 Å². The molecule has 0 amide bonds. The molecule has 1 aromatic rings. The summed E-state index contributed by atoms with van der Waals surface area (Å²) in [7, 11) is 4.02. The maximum absolute atomic E-state index is 4.04. The molecule has 0 unspecified atom stereocenters. The lowest BCUT2D eigenvalue weighted by atomic mass is 10.1. The third-order valence-corrected chi connectivity index (χ3v) is 1.77. The van der Waals surface area contributed by atoms with Crippen LogP contribution in [-0.4, -0.2) is 47.4 Å². The van der Waals surface area contributed by atoms with Crippen LogP contribution in [0.2, 0.25) is 0 Å². The first kappa shape index (κ1) is 7.48. The molecule has 2 heterocycles. The molecule has 0 saturated carbocycles. The van der Waals surface area contributed by atoms with Crippen LogP contribution in [0, 0.1) is 0 Å². The van der Waals surface area contributed by atoms with Gasteiger partial charge in [-0.05, 0) is 7.05 Å². The first-order chi connectivity index (χ1) is 5.86. The molecule has 0 N–H and O–H groups in total. The molecule has 61 valence electrons. The summed E-state index contributed by atoms with van der Waals surface area (Å²) in [4.78, 5) is 15.9. The fraction of sp³-hybridized carbons (Fsp3) is 0.500. The number of aromatic nitrogens is 3. The number of hydrogen-bond donors (Lipinski definition) is 0. The van der Waals surface area contributed by atoms with Crippen LogP contribution in [0.1, 0.15) is 0 Å². The molecule has 1 saturated heterocycles. The zero-order valence-corrected chi connectivity index (χ0v) is 6.88. The van der Waals surface area contributed by atoms with Gasteiger partial charge in [0.15, 0.2) is 0 Å². The summed E-state index contributed by atoms with van der Waals surface area (Å²) < 4.78 is 0. The van der Waals surface area contributed by atoms with Crippen LogP contribution < -0.4 is 4.81 Å². The van der Waals surface area contributed by atoms with Crippen molar-refractivity contribution in [3.8, 4) is 0 Å². The Morgan fingerprint density at radius 3 is 2.67 bits per heavy atom. The van der Waals surface area contributed by atoms with E-state index in [9.17, 15) is 0 Å². The molecule has 1 fully saturated rings. The zero-order chi connectivity index (χ0) is 8.39. The van der Waals surface area contributed by atoms with Crippen LogP contribution in [0.25, 0.3) is 0 Å². The SMILES string of the molecule is CN1[B]N(c2ncncn2)CC1. The van der Waals surface area contributed by atoms with E-state index in [-0.39, 0.29) is 0 Å². The Labute approximate surface area is 71.7 Å². The van der Waals surface area contributed by atoms with Crippen LogP contribution in [0.15, 0.2) is 12.7 Å². The third kappa shape index (κ3) is 1.38. The predicted molar refractivity (Wildman–Crippen MR) is 45.6 cm³/mol. The summed E-state index contributed by atoms with van der Waals surface area (Å²) in [6.07, 6.45) is 3.02. The highest BCUT2D eigenvalue weighted by Crippen LogP contribution is 2.07. The average molecular weight is 162 g/mol. The number of anilines is 1. The maximum atomic E-state index is 4.04. The van der Waals surface area contributed by atoms with Gasteiger partial charge < -0.3 is 9.62 Å². The Morgan fingerprint density at radius 2 is 2.08 bits per heavy atom. The van der Waals surface area contributed by atoms with E-state index in [0.29, 0.717) is 5.95 Å². The molecule has 2 rings (SSSR count). The van der Waals surface area contributed by atoms with Crippen LogP contribution in [0.4, 0.5) is 5.95 Å². The van der Waals surface area contributed by atoms with E-state index < -0.39 is 0 Å². The van der Waals surface area contributed by atoms with Gasteiger partial charge in [-0.1, -0.05) is 0 Å². The largest absolute Gasteiger partial charge is 0.372 e. The summed E-state index contributed by atoms with van der Waals surface area (Å²) in [6.45, 7) is 1.96. The van der Waals surface area contributed by atoms with E-state index in [1.54, 1.807) is 0 Å². The Kier molecular flexibility index (Phi) is 1.91. The maximum Gasteiger partial charge on any atom is 0.354 e. The Bertz CT molecular complexity index is 253. The molecule has 6 heteroatoms. The minimum Gasteiger partial charge on any atom is -0.372 e. The van der Waals surface area contributed by atoms with E-state index in [0.717, 1.165) is 13.1 Å². The zero-order valence-electron chi connectivity index (χ0n) is 6.88. The Hall–Kier alpha value is -1.17. The van der Waals surface area contributed by atoms with Gasteiger partial charge >= 0.3 is 7.55 Å². The highest BCUT2D eigenvalue weighted by atomic mass is 15.3. The summed E-state index contributed by atoms with van der Waals surface area (Å²) in [5.74, 6) is 0.717. The molecule has 0 spiro atoms. The van der Waals surface area contributed by atoms with Crippen molar-refractivity contribution in [2.24, 2.45) is 0 Å². The lowest BCUT2D eigenvalue weighted by Gasteiger charge is -2.12. The number of hydrogen-bond acceptors (Lipinski definition) is 5. The van der Waals surface area contributed by atoms with Gasteiger partial charge in [-0.15, -0.1) is 0 Å². The minimum atomic E-state index is 0.717. The van der Waals surface area contributed by atoms with E-state index in [4.69, 9.17) is 0 Å². The fourth-order valence-corrected chi connectivity index (χ4v) is 1.15. The van der Waals surface area contributed by atoms with Gasteiger partial charge in [0.1, 0.15) is 12.7 Å². The van der Waals surface area contributed by atoms with E-state index >= 15 is 0 Å². The molecule has 1 aliphatic heterocycles.